The molecule has 22 heavy (non-hydrogen) atoms. The molecule has 8 heteroatoms. The maximum Gasteiger partial charge on any atom is 0.338 e. The number of rotatable bonds is 5. The van der Waals surface area contributed by atoms with E-state index in [1.165, 1.54) is 12.1 Å². The first kappa shape index (κ1) is 16.1. The highest BCUT2D eigenvalue weighted by molar-refractivity contribution is 6.33. The van der Waals surface area contributed by atoms with Crippen LogP contribution in [0.4, 0.5) is 11.4 Å². The number of carboxylic acids is 1. The number of benzene rings is 2. The zero-order chi connectivity index (χ0) is 16.3. The van der Waals surface area contributed by atoms with E-state index in [1.54, 1.807) is 18.2 Å². The topological polar surface area (TPSA) is 92.5 Å². The van der Waals surface area contributed by atoms with Crippen LogP contribution in [0.3, 0.4) is 0 Å². The second-order valence-electron chi connectivity index (χ2n) is 4.38. The average Bonchev–Trinajstić information content (AvgIpc) is 2.47. The molecule has 0 aliphatic carbocycles. The van der Waals surface area contributed by atoms with Crippen molar-refractivity contribution in [3.63, 3.8) is 0 Å². The van der Waals surface area contributed by atoms with Crippen molar-refractivity contribution in [1.29, 1.82) is 0 Å². The van der Waals surface area contributed by atoms with Gasteiger partial charge in [0.05, 0.1) is 10.5 Å². The molecule has 0 saturated carbocycles. The Labute approximate surface area is 135 Å². The average molecular weight is 341 g/mol. The quantitative estimate of drug-likeness (QED) is 0.628. The van der Waals surface area contributed by atoms with Gasteiger partial charge in [-0.15, -0.1) is 0 Å². The smallest absolute Gasteiger partial charge is 0.338 e. The summed E-state index contributed by atoms with van der Waals surface area (Å²) in [6.07, 6.45) is 0. The fraction of sp³-hybridized carbons (Fsp3) is 0.0714. The summed E-state index contributed by atoms with van der Waals surface area (Å²) >= 11 is 11.9. The van der Waals surface area contributed by atoms with Gasteiger partial charge in [0, 0.05) is 34.4 Å². The fourth-order valence-corrected chi connectivity index (χ4v) is 2.23. The lowest BCUT2D eigenvalue weighted by molar-refractivity contribution is -0.384. The van der Waals surface area contributed by atoms with Crippen molar-refractivity contribution in [3.8, 4) is 0 Å². The first-order valence-electron chi connectivity index (χ1n) is 6.08. The molecule has 6 nitrogen and oxygen atoms in total. The van der Waals surface area contributed by atoms with Crippen molar-refractivity contribution in [1.82, 2.24) is 0 Å². The Balaban J connectivity index is 2.27. The molecule has 0 radical (unpaired) electrons. The maximum atomic E-state index is 11.2. The Morgan fingerprint density at radius 2 is 1.95 bits per heavy atom. The maximum absolute atomic E-state index is 11.2. The van der Waals surface area contributed by atoms with Crippen LogP contribution < -0.4 is 5.32 Å². The molecule has 0 amide bonds. The molecule has 2 N–H and O–H groups in total. The number of hydrogen-bond acceptors (Lipinski definition) is 4. The van der Waals surface area contributed by atoms with Gasteiger partial charge in [-0.1, -0.05) is 23.2 Å². The minimum absolute atomic E-state index is 0.188. The van der Waals surface area contributed by atoms with Crippen LogP contribution in [0.25, 0.3) is 0 Å². The first-order valence-corrected chi connectivity index (χ1v) is 6.83. The summed E-state index contributed by atoms with van der Waals surface area (Å²) in [5.74, 6) is -1.26. The Morgan fingerprint density at radius 1 is 1.23 bits per heavy atom. The highest BCUT2D eigenvalue weighted by Crippen LogP contribution is 2.25. The zero-order valence-electron chi connectivity index (χ0n) is 11.0. The number of aromatic carboxylic acids is 1. The molecule has 0 aliphatic rings. The normalized spacial score (nSPS) is 10.3. The van der Waals surface area contributed by atoms with Gasteiger partial charge in [-0.3, -0.25) is 10.1 Å². The highest BCUT2D eigenvalue weighted by atomic mass is 35.5. The van der Waals surface area contributed by atoms with E-state index in [0.29, 0.717) is 15.6 Å². The number of carbonyl (C=O) groups is 1. The molecule has 2 aromatic carbocycles. The van der Waals surface area contributed by atoms with E-state index in [4.69, 9.17) is 28.3 Å². The lowest BCUT2D eigenvalue weighted by atomic mass is 10.1. The SMILES string of the molecule is O=C(O)c1cc([N+](=O)[O-])ccc1NCc1cc(Cl)ccc1Cl. The molecule has 2 aromatic rings. The highest BCUT2D eigenvalue weighted by Gasteiger charge is 2.16. The molecule has 0 spiro atoms. The monoisotopic (exact) mass is 340 g/mol. The predicted molar refractivity (Wildman–Crippen MR) is 83.8 cm³/mol. The molecular formula is C14H10Cl2N2O4. The Hall–Kier alpha value is -2.31. The van der Waals surface area contributed by atoms with Crippen LogP contribution >= 0.6 is 23.2 Å². The number of nitro groups is 1. The minimum Gasteiger partial charge on any atom is -0.478 e. The lowest BCUT2D eigenvalue weighted by Crippen LogP contribution is -2.07. The largest absolute Gasteiger partial charge is 0.478 e. The Bertz CT molecular complexity index is 750. The number of halogens is 2. The van der Waals surface area contributed by atoms with E-state index >= 15 is 0 Å². The molecule has 0 heterocycles. The molecular weight excluding hydrogens is 331 g/mol. The summed E-state index contributed by atoms with van der Waals surface area (Å²) in [6.45, 7) is 0.234. The van der Waals surface area contributed by atoms with Gasteiger partial charge in [0.1, 0.15) is 0 Å². The van der Waals surface area contributed by atoms with Gasteiger partial charge in [0.25, 0.3) is 5.69 Å². The molecule has 0 saturated heterocycles. The van der Waals surface area contributed by atoms with Crippen molar-refractivity contribution in [2.75, 3.05) is 5.32 Å². The van der Waals surface area contributed by atoms with Gasteiger partial charge in [0.15, 0.2) is 0 Å². The van der Waals surface area contributed by atoms with Gasteiger partial charge >= 0.3 is 5.97 Å². The number of carboxylic acid groups (broad SMARTS) is 1. The van der Waals surface area contributed by atoms with Crippen molar-refractivity contribution in [3.05, 3.63) is 67.7 Å². The van der Waals surface area contributed by atoms with Crippen LogP contribution in [0.15, 0.2) is 36.4 Å². The van der Waals surface area contributed by atoms with Crippen molar-refractivity contribution < 1.29 is 14.8 Å². The van der Waals surface area contributed by atoms with Crippen LogP contribution in [0, 0.1) is 10.1 Å². The minimum atomic E-state index is -1.26. The van der Waals surface area contributed by atoms with Crippen LogP contribution in [-0.4, -0.2) is 16.0 Å². The van der Waals surface area contributed by atoms with Crippen LogP contribution in [0.2, 0.25) is 10.0 Å². The summed E-state index contributed by atoms with van der Waals surface area (Å²) < 4.78 is 0. The van der Waals surface area contributed by atoms with E-state index in [0.717, 1.165) is 6.07 Å². The summed E-state index contributed by atoms with van der Waals surface area (Å²) in [5.41, 5.74) is 0.467. The van der Waals surface area contributed by atoms with Gasteiger partial charge in [-0.25, -0.2) is 4.79 Å². The second kappa shape index (κ2) is 6.64. The Morgan fingerprint density at radius 3 is 2.59 bits per heavy atom. The number of nitrogens with one attached hydrogen (secondary N) is 1. The number of non-ortho nitro benzene ring substituents is 1. The number of nitrogens with zero attached hydrogens (tertiary/aromatic N) is 1. The molecule has 0 aromatic heterocycles. The summed E-state index contributed by atoms with van der Waals surface area (Å²) in [4.78, 5) is 21.3. The first-order chi connectivity index (χ1) is 10.4. The van der Waals surface area contributed by atoms with E-state index in [1.807, 2.05) is 0 Å². The van der Waals surface area contributed by atoms with E-state index in [2.05, 4.69) is 5.32 Å². The van der Waals surface area contributed by atoms with Crippen LogP contribution in [0.5, 0.6) is 0 Å². The lowest BCUT2D eigenvalue weighted by Gasteiger charge is -2.11. The second-order valence-corrected chi connectivity index (χ2v) is 5.23. The van der Waals surface area contributed by atoms with E-state index in [-0.39, 0.29) is 23.5 Å². The summed E-state index contributed by atoms with van der Waals surface area (Å²) in [7, 11) is 0. The molecule has 2 rings (SSSR count). The van der Waals surface area contributed by atoms with Gasteiger partial charge in [-0.05, 0) is 29.8 Å². The molecule has 114 valence electrons. The summed E-state index contributed by atoms with van der Waals surface area (Å²) in [6, 6.07) is 8.51. The molecule has 0 aliphatic heterocycles. The van der Waals surface area contributed by atoms with Crippen molar-refractivity contribution in [2.45, 2.75) is 6.54 Å². The number of hydrogen-bond donors (Lipinski definition) is 2. The number of nitro benzene ring substituents is 1. The van der Waals surface area contributed by atoms with Crippen LogP contribution in [0.1, 0.15) is 15.9 Å². The molecule has 0 fully saturated rings. The van der Waals surface area contributed by atoms with Crippen LogP contribution in [-0.2, 0) is 6.54 Å². The van der Waals surface area contributed by atoms with Crippen molar-refractivity contribution in [2.24, 2.45) is 0 Å². The molecule has 0 unspecified atom stereocenters. The van der Waals surface area contributed by atoms with Gasteiger partial charge in [0.2, 0.25) is 0 Å². The Kier molecular flexibility index (Phi) is 4.85. The third kappa shape index (κ3) is 3.66. The van der Waals surface area contributed by atoms with Gasteiger partial charge < -0.3 is 10.4 Å². The molecule has 0 atom stereocenters. The summed E-state index contributed by atoms with van der Waals surface area (Å²) in [5, 5.41) is 23.8. The van der Waals surface area contributed by atoms with E-state index in [9.17, 15) is 14.9 Å². The predicted octanol–water partition coefficient (Wildman–Crippen LogP) is 4.21. The van der Waals surface area contributed by atoms with Crippen molar-refractivity contribution >= 4 is 40.5 Å². The zero-order valence-corrected chi connectivity index (χ0v) is 12.6. The third-order valence-corrected chi connectivity index (χ3v) is 3.53. The third-order valence-electron chi connectivity index (χ3n) is 2.92. The van der Waals surface area contributed by atoms with E-state index < -0.39 is 10.9 Å². The number of anilines is 1. The van der Waals surface area contributed by atoms with Gasteiger partial charge in [-0.2, -0.15) is 0 Å². The standard InChI is InChI=1S/C14H10Cl2N2O4/c15-9-1-3-12(16)8(5-9)7-17-13-4-2-10(18(21)22)6-11(13)14(19)20/h1-6,17H,7H2,(H,19,20). The fourth-order valence-electron chi connectivity index (χ4n) is 1.85. The molecule has 0 bridgehead atoms.